The Morgan fingerprint density at radius 3 is 2.46 bits per heavy atom. The molecule has 1 aliphatic carbocycles. The van der Waals surface area contributed by atoms with Crippen molar-refractivity contribution in [1.82, 2.24) is 9.47 Å². The van der Waals surface area contributed by atoms with Crippen molar-refractivity contribution in [2.75, 3.05) is 43.6 Å². The molecule has 3 fully saturated rings. The maximum Gasteiger partial charge on any atom is 0.410 e. The number of pyridine rings is 1. The van der Waals surface area contributed by atoms with Gasteiger partial charge in [0.1, 0.15) is 18.3 Å². The van der Waals surface area contributed by atoms with Gasteiger partial charge in [-0.2, -0.15) is 0 Å². The number of nitrogens with one attached hydrogen (secondary N) is 1. The molecule has 2 saturated heterocycles. The van der Waals surface area contributed by atoms with Crippen molar-refractivity contribution in [1.29, 1.82) is 0 Å². The van der Waals surface area contributed by atoms with E-state index in [9.17, 15) is 28.8 Å². The molecule has 1 aromatic heterocycles. The number of ketones is 1. The van der Waals surface area contributed by atoms with Crippen molar-refractivity contribution in [3.05, 3.63) is 63.7 Å². The van der Waals surface area contributed by atoms with Gasteiger partial charge in [-0.25, -0.2) is 9.18 Å². The predicted octanol–water partition coefficient (Wildman–Crippen LogP) is 3.92. The molecule has 0 bridgehead atoms. The van der Waals surface area contributed by atoms with Crippen LogP contribution in [0.4, 0.5) is 20.6 Å². The van der Waals surface area contributed by atoms with Gasteiger partial charge in [0, 0.05) is 37.6 Å². The summed E-state index contributed by atoms with van der Waals surface area (Å²) in [4.78, 5) is 76.6. The molecule has 1 N–H and O–H groups in total. The molecule has 3 aliphatic rings. The van der Waals surface area contributed by atoms with Crippen LogP contribution in [0.1, 0.15) is 54.6 Å². The lowest BCUT2D eigenvalue weighted by molar-refractivity contribution is -0.120. The van der Waals surface area contributed by atoms with Gasteiger partial charge in [-0.05, 0) is 68.7 Å². The smallest absolute Gasteiger partial charge is 0.410 e. The third kappa shape index (κ3) is 6.41. The van der Waals surface area contributed by atoms with Crippen LogP contribution in [-0.4, -0.2) is 79.2 Å². The highest BCUT2D eigenvalue weighted by Crippen LogP contribution is 2.45. The zero-order chi connectivity index (χ0) is 34.1. The Morgan fingerprint density at radius 1 is 1.08 bits per heavy atom. The van der Waals surface area contributed by atoms with Gasteiger partial charge >= 0.3 is 6.09 Å². The van der Waals surface area contributed by atoms with E-state index >= 15 is 4.39 Å². The zero-order valence-corrected chi connectivity index (χ0v) is 26.8. The number of carbonyl (C=O) groups is 5. The van der Waals surface area contributed by atoms with E-state index in [0.717, 1.165) is 24.8 Å². The molecule has 12 nitrogen and oxygen atoms in total. The van der Waals surface area contributed by atoms with Crippen molar-refractivity contribution in [3.63, 3.8) is 0 Å². The van der Waals surface area contributed by atoms with Crippen molar-refractivity contribution in [3.8, 4) is 5.75 Å². The van der Waals surface area contributed by atoms with E-state index < -0.39 is 35.8 Å². The number of benzene rings is 2. The largest absolute Gasteiger partial charge is 0.492 e. The van der Waals surface area contributed by atoms with E-state index in [1.165, 1.54) is 20.1 Å². The van der Waals surface area contributed by atoms with Gasteiger partial charge in [-0.15, -0.1) is 0 Å². The van der Waals surface area contributed by atoms with Crippen LogP contribution < -0.4 is 20.4 Å². The van der Waals surface area contributed by atoms with Crippen LogP contribution in [-0.2, 0) is 25.5 Å². The number of rotatable bonds is 11. The van der Waals surface area contributed by atoms with Gasteiger partial charge in [0.15, 0.2) is 29.4 Å². The molecule has 0 unspecified atom stereocenters. The number of methoxy groups -OCH3 is 1. The van der Waals surface area contributed by atoms with Crippen LogP contribution in [0.5, 0.6) is 5.75 Å². The second-order valence-corrected chi connectivity index (χ2v) is 12.7. The van der Waals surface area contributed by atoms with E-state index in [0.29, 0.717) is 49.8 Å². The van der Waals surface area contributed by atoms with E-state index in [1.807, 2.05) is 9.47 Å². The van der Waals surface area contributed by atoms with Crippen LogP contribution in [0.3, 0.4) is 0 Å². The Bertz CT molecular complexity index is 1830. The monoisotopic (exact) mass is 660 g/mol. The number of hydrogen-bond acceptors (Lipinski definition) is 9. The number of anilines is 2. The summed E-state index contributed by atoms with van der Waals surface area (Å²) in [7, 11) is 1.43. The standard InChI is InChI=1S/C35H37FN4O8/c1-20(43)27-15-40(25-9-10-25)31-26(33(27)45)13-28(36)32(34(31)47-2)38-14-23-4-3-11-39(29(23)16-38)35(46)48-19-30(44)37-24-7-5-21(6-8-24)12-22(17-41)18-42/h5-8,13,15,17-18,22-23,25,29H,3-4,9-12,14,16,19H2,1-2H3,(H,37,44)/t23-,29+/m0/s1. The van der Waals surface area contributed by atoms with E-state index in [2.05, 4.69) is 5.32 Å². The van der Waals surface area contributed by atoms with Crippen LogP contribution in [0.15, 0.2) is 41.3 Å². The lowest BCUT2D eigenvalue weighted by atomic mass is 9.92. The lowest BCUT2D eigenvalue weighted by Gasteiger charge is -2.35. The number of amides is 2. The number of ether oxygens (including phenoxy) is 2. The second kappa shape index (κ2) is 13.6. The number of likely N-dealkylation sites (tertiary alicyclic amines) is 1. The highest BCUT2D eigenvalue weighted by molar-refractivity contribution is 6.00. The number of aldehydes is 2. The fourth-order valence-electron chi connectivity index (χ4n) is 6.94. The van der Waals surface area contributed by atoms with Gasteiger partial charge in [-0.1, -0.05) is 12.1 Å². The molecule has 3 aromatic rings. The number of fused-ring (bicyclic) bond motifs is 2. The number of Topliss-reactive ketones (excluding diaryl/α,β-unsaturated/α-hetero) is 1. The molecule has 2 aromatic carbocycles. The fourth-order valence-corrected chi connectivity index (χ4v) is 6.94. The first kappa shape index (κ1) is 32.9. The Labute approximate surface area is 275 Å². The van der Waals surface area contributed by atoms with Gasteiger partial charge in [0.25, 0.3) is 5.91 Å². The molecule has 6 rings (SSSR count). The van der Waals surface area contributed by atoms with E-state index in [1.54, 1.807) is 35.4 Å². The topological polar surface area (TPSA) is 144 Å². The minimum atomic E-state index is -0.729. The lowest BCUT2D eigenvalue weighted by Crippen LogP contribution is -2.49. The van der Waals surface area contributed by atoms with Crippen molar-refractivity contribution < 1.29 is 37.8 Å². The quantitative estimate of drug-likeness (QED) is 0.184. The predicted molar refractivity (Wildman–Crippen MR) is 174 cm³/mol. The number of piperidine rings is 1. The van der Waals surface area contributed by atoms with Crippen molar-refractivity contribution in [2.24, 2.45) is 11.8 Å². The Hall–Kier alpha value is -5.07. The zero-order valence-electron chi connectivity index (χ0n) is 26.8. The minimum Gasteiger partial charge on any atom is -0.492 e. The molecule has 2 amide bonds. The summed E-state index contributed by atoms with van der Waals surface area (Å²) >= 11 is 0. The highest BCUT2D eigenvalue weighted by atomic mass is 19.1. The number of nitrogens with zero attached hydrogens (tertiary/aromatic N) is 3. The number of aromatic nitrogens is 1. The molecule has 2 aliphatic heterocycles. The van der Waals surface area contributed by atoms with E-state index in [-0.39, 0.29) is 52.6 Å². The summed E-state index contributed by atoms with van der Waals surface area (Å²) in [6.07, 6.45) is 5.61. The molecule has 252 valence electrons. The van der Waals surface area contributed by atoms with Gasteiger partial charge < -0.3 is 38.7 Å². The number of hydrogen-bond donors (Lipinski definition) is 1. The number of halogens is 1. The summed E-state index contributed by atoms with van der Waals surface area (Å²) in [5.74, 6) is -2.06. The fraction of sp³-hybridized carbons (Fsp3) is 0.429. The van der Waals surface area contributed by atoms with Crippen LogP contribution in [0.25, 0.3) is 10.9 Å². The summed E-state index contributed by atoms with van der Waals surface area (Å²) in [6.45, 7) is 1.98. The molecule has 48 heavy (non-hydrogen) atoms. The maximum atomic E-state index is 16.0. The average molecular weight is 661 g/mol. The summed E-state index contributed by atoms with van der Waals surface area (Å²) < 4.78 is 29.0. The molecule has 3 heterocycles. The van der Waals surface area contributed by atoms with Crippen molar-refractivity contribution >= 4 is 52.6 Å². The molecule has 13 heteroatoms. The molecule has 0 radical (unpaired) electrons. The summed E-state index contributed by atoms with van der Waals surface area (Å²) in [5, 5.41) is 2.76. The minimum absolute atomic E-state index is 0.0106. The number of carbonyl (C=O) groups excluding carboxylic acids is 5. The Balaban J connectivity index is 1.16. The molecule has 0 spiro atoms. The third-order valence-electron chi connectivity index (χ3n) is 9.44. The molecule has 2 atom stereocenters. The Kier molecular flexibility index (Phi) is 9.29. The van der Waals surface area contributed by atoms with E-state index in [4.69, 9.17) is 9.47 Å². The van der Waals surface area contributed by atoms with Crippen LogP contribution in [0, 0.1) is 17.7 Å². The molecular formula is C35H37FN4O8. The van der Waals surface area contributed by atoms with Crippen molar-refractivity contribution in [2.45, 2.75) is 51.1 Å². The molecular weight excluding hydrogens is 623 g/mol. The molecule has 1 saturated carbocycles. The average Bonchev–Trinajstić information content (AvgIpc) is 3.84. The maximum absolute atomic E-state index is 16.0. The van der Waals surface area contributed by atoms with Gasteiger partial charge in [-0.3, -0.25) is 14.4 Å². The summed E-state index contributed by atoms with van der Waals surface area (Å²) in [6, 6.07) is 7.63. The van der Waals surface area contributed by atoms with Gasteiger partial charge in [0.2, 0.25) is 0 Å². The first-order chi connectivity index (χ1) is 23.1. The Morgan fingerprint density at radius 2 is 1.81 bits per heavy atom. The first-order valence-electron chi connectivity index (χ1n) is 16.1. The highest BCUT2D eigenvalue weighted by Gasteiger charge is 2.43. The van der Waals surface area contributed by atoms with Crippen LogP contribution in [0.2, 0.25) is 0 Å². The van der Waals surface area contributed by atoms with Gasteiger partial charge in [0.05, 0.1) is 35.5 Å². The normalized spacial score (nSPS) is 18.8. The first-order valence-corrected chi connectivity index (χ1v) is 16.1. The SMILES string of the molecule is COc1c(N2C[C@@H]3CCCN(C(=O)OCC(=O)Nc4ccc(CC(C=O)C=O)cc4)[C@@H]3C2)c(F)cc2c(=O)c(C(C)=O)cn(C3CC3)c12. The van der Waals surface area contributed by atoms with Crippen LogP contribution >= 0.6 is 0 Å². The third-order valence-corrected chi connectivity index (χ3v) is 9.44. The second-order valence-electron chi connectivity index (χ2n) is 12.7. The summed E-state index contributed by atoms with van der Waals surface area (Å²) in [5.41, 5.74) is 1.35.